The van der Waals surface area contributed by atoms with Gasteiger partial charge >= 0.3 is 0 Å². The van der Waals surface area contributed by atoms with Crippen LogP contribution in [-0.4, -0.2) is 18.0 Å². The lowest BCUT2D eigenvalue weighted by atomic mass is 9.96. The van der Waals surface area contributed by atoms with Crippen LogP contribution in [0.3, 0.4) is 0 Å². The van der Waals surface area contributed by atoms with E-state index in [0.717, 1.165) is 17.5 Å². The smallest absolute Gasteiger partial charge is 0.167 e. The van der Waals surface area contributed by atoms with Gasteiger partial charge in [0, 0.05) is 12.3 Å². The van der Waals surface area contributed by atoms with Crippen molar-refractivity contribution >= 4 is 11.4 Å². The van der Waals surface area contributed by atoms with E-state index in [1.54, 1.807) is 7.11 Å². The summed E-state index contributed by atoms with van der Waals surface area (Å²) in [6.07, 6.45) is 1.21. The average Bonchev–Trinajstić information content (AvgIpc) is 2.62. The second kappa shape index (κ2) is 4.84. The Bertz CT molecular complexity index is 514. The number of benzene rings is 1. The molecule has 0 aliphatic heterocycles. The van der Waals surface area contributed by atoms with Gasteiger partial charge in [-0.3, -0.25) is 4.79 Å². The number of Topliss-reactive ketones (excluding diaryl/α,β-unsaturated/α-hetero) is 1. The molecule has 1 aliphatic carbocycles. The molecule has 0 fully saturated rings. The molecule has 96 valence electrons. The van der Waals surface area contributed by atoms with Crippen LogP contribution in [0.25, 0.3) is 5.57 Å². The van der Waals surface area contributed by atoms with Crippen LogP contribution in [0, 0.1) is 5.92 Å². The number of rotatable bonds is 3. The predicted octanol–water partition coefficient (Wildman–Crippen LogP) is 3.14. The molecule has 0 radical (unpaired) electrons. The van der Waals surface area contributed by atoms with Crippen LogP contribution >= 0.6 is 0 Å². The van der Waals surface area contributed by atoms with Crippen molar-refractivity contribution in [2.45, 2.75) is 26.7 Å². The second-order valence-corrected chi connectivity index (χ2v) is 4.67. The molecule has 3 heteroatoms. The molecule has 0 saturated heterocycles. The number of aryl methyl sites for hydroxylation is 1. The average molecular weight is 246 g/mol. The van der Waals surface area contributed by atoms with E-state index in [0.29, 0.717) is 17.7 Å². The lowest BCUT2D eigenvalue weighted by Crippen LogP contribution is -2.01. The lowest BCUT2D eigenvalue weighted by Gasteiger charge is -2.11. The topological polar surface area (TPSA) is 46.5 Å². The van der Waals surface area contributed by atoms with Gasteiger partial charge in [0.15, 0.2) is 5.78 Å². The normalized spacial score (nSPS) is 19.5. The number of ketones is 1. The Kier molecular flexibility index (Phi) is 3.41. The third kappa shape index (κ3) is 2.01. The maximum absolute atomic E-state index is 12.0. The summed E-state index contributed by atoms with van der Waals surface area (Å²) in [5.74, 6) is 0.851. The molecule has 1 aliphatic rings. The Morgan fingerprint density at radius 3 is 2.67 bits per heavy atom. The van der Waals surface area contributed by atoms with Gasteiger partial charge < -0.3 is 9.84 Å². The monoisotopic (exact) mass is 246 g/mol. The van der Waals surface area contributed by atoms with Crippen LogP contribution in [0.1, 0.15) is 31.4 Å². The quantitative estimate of drug-likeness (QED) is 0.891. The summed E-state index contributed by atoms with van der Waals surface area (Å²) in [7, 11) is 1.60. The van der Waals surface area contributed by atoms with Gasteiger partial charge in [-0.25, -0.2) is 0 Å². The molecule has 1 aromatic carbocycles. The number of carbonyl (C=O) groups excluding carboxylic acids is 1. The molecule has 1 aromatic rings. The Hall–Kier alpha value is -1.77. The van der Waals surface area contributed by atoms with E-state index in [4.69, 9.17) is 4.74 Å². The first-order chi connectivity index (χ1) is 8.58. The fraction of sp³-hybridized carbons (Fsp3) is 0.400. The van der Waals surface area contributed by atoms with E-state index < -0.39 is 0 Å². The standard InChI is InChI=1S/C15H18O3/c1-4-10-5-6-11(18-3)8-12(10)14-13(16)7-9(2)15(14)17/h5-6,8-9,17H,4,7H2,1-3H3. The maximum Gasteiger partial charge on any atom is 0.167 e. The van der Waals surface area contributed by atoms with Crippen LogP contribution in [0.2, 0.25) is 0 Å². The first-order valence-corrected chi connectivity index (χ1v) is 6.22. The molecule has 0 saturated carbocycles. The molecule has 0 amide bonds. The molecule has 1 N–H and O–H groups in total. The first kappa shape index (κ1) is 12.7. The van der Waals surface area contributed by atoms with Crippen LogP contribution in [-0.2, 0) is 11.2 Å². The maximum atomic E-state index is 12.0. The zero-order valence-corrected chi connectivity index (χ0v) is 11.0. The minimum Gasteiger partial charge on any atom is -0.511 e. The number of methoxy groups -OCH3 is 1. The summed E-state index contributed by atoms with van der Waals surface area (Å²) in [6, 6.07) is 5.66. The summed E-state index contributed by atoms with van der Waals surface area (Å²) < 4.78 is 5.20. The number of carbonyl (C=O) groups is 1. The summed E-state index contributed by atoms with van der Waals surface area (Å²) in [5, 5.41) is 10.1. The zero-order chi connectivity index (χ0) is 13.3. The minimum absolute atomic E-state index is 0.0166. The van der Waals surface area contributed by atoms with Crippen molar-refractivity contribution < 1.29 is 14.6 Å². The molecule has 0 spiro atoms. The summed E-state index contributed by atoms with van der Waals surface area (Å²) in [5.41, 5.74) is 2.33. The number of ether oxygens (including phenoxy) is 1. The number of hydrogen-bond acceptors (Lipinski definition) is 3. The van der Waals surface area contributed by atoms with Crippen LogP contribution < -0.4 is 4.74 Å². The molecule has 0 heterocycles. The fourth-order valence-corrected chi connectivity index (χ4v) is 2.38. The van der Waals surface area contributed by atoms with Crippen molar-refractivity contribution in [3.63, 3.8) is 0 Å². The van der Waals surface area contributed by atoms with Gasteiger partial charge in [0.1, 0.15) is 11.5 Å². The van der Waals surface area contributed by atoms with Gasteiger partial charge in [0.05, 0.1) is 12.7 Å². The Balaban J connectivity index is 2.59. The van der Waals surface area contributed by atoms with Crippen molar-refractivity contribution in [1.29, 1.82) is 0 Å². The first-order valence-electron chi connectivity index (χ1n) is 6.22. The fourth-order valence-electron chi connectivity index (χ4n) is 2.38. The van der Waals surface area contributed by atoms with E-state index in [1.165, 1.54) is 0 Å². The molecule has 0 aromatic heterocycles. The molecule has 2 rings (SSSR count). The van der Waals surface area contributed by atoms with Gasteiger partial charge in [-0.2, -0.15) is 0 Å². The molecule has 3 nitrogen and oxygen atoms in total. The molecular weight excluding hydrogens is 228 g/mol. The van der Waals surface area contributed by atoms with Crippen LogP contribution in [0.4, 0.5) is 0 Å². The number of allylic oxidation sites excluding steroid dienone is 2. The van der Waals surface area contributed by atoms with Gasteiger partial charge in [-0.15, -0.1) is 0 Å². The highest BCUT2D eigenvalue weighted by Crippen LogP contribution is 2.36. The highest BCUT2D eigenvalue weighted by Gasteiger charge is 2.31. The lowest BCUT2D eigenvalue weighted by molar-refractivity contribution is -0.113. The van der Waals surface area contributed by atoms with E-state index in [1.807, 2.05) is 32.0 Å². The third-order valence-electron chi connectivity index (χ3n) is 3.46. The molecular formula is C15H18O3. The second-order valence-electron chi connectivity index (χ2n) is 4.67. The minimum atomic E-state index is -0.0802. The van der Waals surface area contributed by atoms with E-state index in [9.17, 15) is 9.90 Å². The van der Waals surface area contributed by atoms with Crippen molar-refractivity contribution in [2.24, 2.45) is 5.92 Å². The molecule has 1 atom stereocenters. The van der Waals surface area contributed by atoms with Crippen molar-refractivity contribution in [3.05, 3.63) is 35.1 Å². The Morgan fingerprint density at radius 1 is 1.44 bits per heavy atom. The third-order valence-corrected chi connectivity index (χ3v) is 3.46. The van der Waals surface area contributed by atoms with E-state index in [-0.39, 0.29) is 17.5 Å². The van der Waals surface area contributed by atoms with Crippen molar-refractivity contribution in [2.75, 3.05) is 7.11 Å². The molecule has 0 bridgehead atoms. The van der Waals surface area contributed by atoms with Crippen molar-refractivity contribution in [3.8, 4) is 5.75 Å². The number of aliphatic hydroxyl groups excluding tert-OH is 1. The largest absolute Gasteiger partial charge is 0.511 e. The van der Waals surface area contributed by atoms with Crippen LogP contribution in [0.15, 0.2) is 24.0 Å². The highest BCUT2D eigenvalue weighted by atomic mass is 16.5. The van der Waals surface area contributed by atoms with Crippen LogP contribution in [0.5, 0.6) is 5.75 Å². The van der Waals surface area contributed by atoms with Gasteiger partial charge in [0.25, 0.3) is 0 Å². The van der Waals surface area contributed by atoms with Crippen molar-refractivity contribution in [1.82, 2.24) is 0 Å². The summed E-state index contributed by atoms with van der Waals surface area (Å²) in [4.78, 5) is 12.0. The van der Waals surface area contributed by atoms with E-state index in [2.05, 4.69) is 0 Å². The SMILES string of the molecule is CCc1ccc(OC)cc1C1=C(O)C(C)CC1=O. The summed E-state index contributed by atoms with van der Waals surface area (Å²) in [6.45, 7) is 3.90. The highest BCUT2D eigenvalue weighted by molar-refractivity contribution is 6.24. The zero-order valence-electron chi connectivity index (χ0n) is 11.0. The molecule has 18 heavy (non-hydrogen) atoms. The number of hydrogen-bond donors (Lipinski definition) is 1. The molecule has 1 unspecified atom stereocenters. The number of aliphatic hydroxyl groups is 1. The van der Waals surface area contributed by atoms with E-state index >= 15 is 0 Å². The summed E-state index contributed by atoms with van der Waals surface area (Å²) >= 11 is 0. The Morgan fingerprint density at radius 2 is 2.17 bits per heavy atom. The Labute approximate surface area is 107 Å². The van der Waals surface area contributed by atoms with Gasteiger partial charge in [-0.1, -0.05) is 19.9 Å². The van der Waals surface area contributed by atoms with Gasteiger partial charge in [0.2, 0.25) is 0 Å². The van der Waals surface area contributed by atoms with Gasteiger partial charge in [-0.05, 0) is 29.7 Å². The predicted molar refractivity (Wildman–Crippen MR) is 70.7 cm³/mol.